The number of benzene rings is 2. The van der Waals surface area contributed by atoms with Crippen LogP contribution < -0.4 is 0 Å². The van der Waals surface area contributed by atoms with Crippen LogP contribution in [0.3, 0.4) is 0 Å². The molecule has 0 bridgehead atoms. The fourth-order valence-corrected chi connectivity index (χ4v) is 5.85. The van der Waals surface area contributed by atoms with Crippen molar-refractivity contribution in [3.05, 3.63) is 102 Å². The van der Waals surface area contributed by atoms with E-state index in [0.717, 1.165) is 36.5 Å². The van der Waals surface area contributed by atoms with Gasteiger partial charge in [0, 0.05) is 36.1 Å². The Morgan fingerprint density at radius 1 is 1.19 bits per heavy atom. The molecule has 4 aromatic rings. The summed E-state index contributed by atoms with van der Waals surface area (Å²) in [5.74, 6) is 0.859. The second-order valence-electron chi connectivity index (χ2n) is 8.24. The van der Waals surface area contributed by atoms with E-state index in [4.69, 9.17) is 27.6 Å². The Bertz CT molecular complexity index is 1520. The molecule has 5 rings (SSSR count). The van der Waals surface area contributed by atoms with Gasteiger partial charge >= 0.3 is 0 Å². The molecule has 3 heterocycles. The van der Waals surface area contributed by atoms with Crippen LogP contribution in [0, 0.1) is 21.4 Å². The molecule has 7 nitrogen and oxygen atoms in total. The first-order valence-electron chi connectivity index (χ1n) is 11.0. The molecule has 1 aliphatic rings. The van der Waals surface area contributed by atoms with Gasteiger partial charge in [0.05, 0.1) is 21.7 Å². The van der Waals surface area contributed by atoms with Crippen molar-refractivity contribution >= 4 is 51.4 Å². The minimum Gasteiger partial charge on any atom is -0.455 e. The normalized spacial score (nSPS) is 13.6. The number of hydrogen-bond acceptors (Lipinski definition) is 7. The zero-order valence-corrected chi connectivity index (χ0v) is 21.1. The van der Waals surface area contributed by atoms with Crippen molar-refractivity contribution < 1.29 is 9.34 Å². The fourth-order valence-electron chi connectivity index (χ4n) is 4.18. The Morgan fingerprint density at radius 3 is 2.75 bits per heavy atom. The van der Waals surface area contributed by atoms with E-state index in [2.05, 4.69) is 28.1 Å². The Labute approximate surface area is 221 Å². The van der Waals surface area contributed by atoms with Crippen LogP contribution in [0.2, 0.25) is 10.0 Å². The summed E-state index contributed by atoms with van der Waals surface area (Å²) in [4.78, 5) is 18.6. The molecule has 0 atom stereocenters. The smallest absolute Gasteiger partial charge is 0.289 e. The van der Waals surface area contributed by atoms with Gasteiger partial charge in [-0.1, -0.05) is 53.5 Å². The zero-order valence-electron chi connectivity index (χ0n) is 18.8. The van der Waals surface area contributed by atoms with Gasteiger partial charge in [-0.25, -0.2) is 4.99 Å². The van der Waals surface area contributed by atoms with E-state index in [1.807, 2.05) is 18.2 Å². The highest BCUT2D eigenvalue weighted by Gasteiger charge is 2.24. The number of aliphatic imine (C=N–C) groups is 1. The number of furan rings is 1. The number of halogens is 2. The molecular weight excluding hydrogens is 519 g/mol. The number of nitro benzene ring substituents is 1. The highest BCUT2D eigenvalue weighted by molar-refractivity contribution is 7.16. The molecule has 0 saturated carbocycles. The van der Waals surface area contributed by atoms with Crippen LogP contribution in [0.5, 0.6) is 0 Å². The molecule has 0 spiro atoms. The van der Waals surface area contributed by atoms with Gasteiger partial charge in [-0.2, -0.15) is 5.26 Å². The number of nitrogens with zero attached hydrogens (tertiary/aromatic N) is 4. The molecule has 2 aromatic heterocycles. The summed E-state index contributed by atoms with van der Waals surface area (Å²) in [7, 11) is 0. The van der Waals surface area contributed by atoms with Crippen LogP contribution >= 0.6 is 34.5 Å². The number of thiophene rings is 1. The molecule has 2 aromatic carbocycles. The van der Waals surface area contributed by atoms with Crippen molar-refractivity contribution in [3.8, 4) is 17.4 Å². The third-order valence-electron chi connectivity index (χ3n) is 5.91. The van der Waals surface area contributed by atoms with Crippen molar-refractivity contribution in [2.75, 3.05) is 6.54 Å². The molecule has 0 N–H and O–H groups in total. The summed E-state index contributed by atoms with van der Waals surface area (Å²) in [6.45, 7) is 2.53. The molecule has 1 aliphatic heterocycles. The first kappa shape index (κ1) is 24.2. The summed E-state index contributed by atoms with van der Waals surface area (Å²) < 4.78 is 5.84. The Morgan fingerprint density at radius 2 is 2.00 bits per heavy atom. The SMILES string of the molecule is N#Cc1c(N=Cc2ccc(-c3cc(Cl)c([N+](=O)[O-])cc3Cl)o2)sc2c1CCN(Cc1ccccc1)C2. The summed E-state index contributed by atoms with van der Waals surface area (Å²) in [6, 6.07) is 18.7. The predicted molar refractivity (Wildman–Crippen MR) is 141 cm³/mol. The molecule has 180 valence electrons. The number of nitro groups is 1. The van der Waals surface area contributed by atoms with Crippen LogP contribution in [-0.4, -0.2) is 22.6 Å². The van der Waals surface area contributed by atoms with E-state index in [1.165, 1.54) is 29.0 Å². The maximum Gasteiger partial charge on any atom is 0.289 e. The molecule has 0 unspecified atom stereocenters. The van der Waals surface area contributed by atoms with E-state index < -0.39 is 4.92 Å². The summed E-state index contributed by atoms with van der Waals surface area (Å²) in [6.07, 6.45) is 2.37. The fraction of sp³-hybridized carbons (Fsp3) is 0.154. The quantitative estimate of drug-likeness (QED) is 0.145. The molecule has 10 heteroatoms. The average Bonchev–Trinajstić information content (AvgIpc) is 3.48. The highest BCUT2D eigenvalue weighted by Crippen LogP contribution is 2.39. The molecular formula is C26H18Cl2N4O3S. The zero-order chi connectivity index (χ0) is 25.2. The number of rotatable bonds is 6. The third-order valence-corrected chi connectivity index (χ3v) is 7.65. The van der Waals surface area contributed by atoms with Gasteiger partial charge in [-0.3, -0.25) is 15.0 Å². The molecule has 0 amide bonds. The number of hydrogen-bond donors (Lipinski definition) is 0. The van der Waals surface area contributed by atoms with E-state index >= 15 is 0 Å². The van der Waals surface area contributed by atoms with E-state index in [0.29, 0.717) is 27.6 Å². The Kier molecular flexibility index (Phi) is 6.90. The first-order chi connectivity index (χ1) is 17.4. The van der Waals surface area contributed by atoms with Crippen molar-refractivity contribution in [2.24, 2.45) is 4.99 Å². The molecule has 0 saturated heterocycles. The maximum atomic E-state index is 11.1. The lowest BCUT2D eigenvalue weighted by atomic mass is 10.0. The van der Waals surface area contributed by atoms with Crippen LogP contribution in [0.25, 0.3) is 11.3 Å². The predicted octanol–water partition coefficient (Wildman–Crippen LogP) is 7.40. The summed E-state index contributed by atoms with van der Waals surface area (Å²) in [5.41, 5.74) is 3.12. The summed E-state index contributed by atoms with van der Waals surface area (Å²) >= 11 is 13.8. The minimum atomic E-state index is -0.591. The van der Waals surface area contributed by atoms with Crippen LogP contribution in [0.15, 0.2) is 64.0 Å². The van der Waals surface area contributed by atoms with Crippen molar-refractivity contribution in [3.63, 3.8) is 0 Å². The second-order valence-corrected chi connectivity index (χ2v) is 10.1. The van der Waals surface area contributed by atoms with Crippen LogP contribution in [0.1, 0.15) is 27.3 Å². The Hall–Kier alpha value is -3.48. The minimum absolute atomic E-state index is 0.0323. The van der Waals surface area contributed by atoms with E-state index in [-0.39, 0.29) is 15.7 Å². The van der Waals surface area contributed by atoms with Gasteiger partial charge in [-0.15, -0.1) is 11.3 Å². The van der Waals surface area contributed by atoms with Gasteiger partial charge < -0.3 is 4.42 Å². The first-order valence-corrected chi connectivity index (χ1v) is 12.6. The van der Waals surface area contributed by atoms with E-state index in [9.17, 15) is 15.4 Å². The topological polar surface area (TPSA) is 95.7 Å². The maximum absolute atomic E-state index is 11.1. The van der Waals surface area contributed by atoms with Gasteiger partial charge in [0.1, 0.15) is 27.6 Å². The lowest BCUT2D eigenvalue weighted by Crippen LogP contribution is -2.29. The lowest BCUT2D eigenvalue weighted by Gasteiger charge is -2.26. The van der Waals surface area contributed by atoms with Gasteiger partial charge in [0.25, 0.3) is 5.69 Å². The number of fused-ring (bicyclic) bond motifs is 1. The standard InChI is InChI=1S/C26H18Cl2N4O3S/c27-21-11-23(32(33)34)22(28)10-19(21)24-7-6-17(35-24)13-30-26-20(12-29)18-8-9-31(15-25(18)36-26)14-16-4-2-1-3-5-16/h1-7,10-11,13H,8-9,14-15H2. The van der Waals surface area contributed by atoms with Gasteiger partial charge in [-0.05, 0) is 35.7 Å². The average molecular weight is 537 g/mol. The van der Waals surface area contributed by atoms with Gasteiger partial charge in [0.2, 0.25) is 0 Å². The molecule has 36 heavy (non-hydrogen) atoms. The van der Waals surface area contributed by atoms with Crippen molar-refractivity contribution in [1.82, 2.24) is 4.90 Å². The second kappa shape index (κ2) is 10.2. The summed E-state index contributed by atoms with van der Waals surface area (Å²) in [5, 5.41) is 21.6. The third kappa shape index (κ3) is 4.92. The van der Waals surface area contributed by atoms with Gasteiger partial charge in [0.15, 0.2) is 0 Å². The van der Waals surface area contributed by atoms with Crippen LogP contribution in [0.4, 0.5) is 10.7 Å². The monoisotopic (exact) mass is 536 g/mol. The Balaban J connectivity index is 1.35. The highest BCUT2D eigenvalue weighted by atomic mass is 35.5. The lowest BCUT2D eigenvalue weighted by molar-refractivity contribution is -0.384. The molecule has 0 fully saturated rings. The van der Waals surface area contributed by atoms with Crippen molar-refractivity contribution in [2.45, 2.75) is 19.5 Å². The van der Waals surface area contributed by atoms with Crippen LogP contribution in [-0.2, 0) is 19.5 Å². The largest absolute Gasteiger partial charge is 0.455 e. The molecule has 0 radical (unpaired) electrons. The molecule has 0 aliphatic carbocycles. The van der Waals surface area contributed by atoms with E-state index in [1.54, 1.807) is 18.3 Å². The van der Waals surface area contributed by atoms with Crippen molar-refractivity contribution in [1.29, 1.82) is 5.26 Å². The number of nitriles is 1.